The predicted molar refractivity (Wildman–Crippen MR) is 75.3 cm³/mol. The number of epoxide rings is 1. The van der Waals surface area contributed by atoms with Gasteiger partial charge in [-0.15, -0.1) is 0 Å². The zero-order valence-corrected chi connectivity index (χ0v) is 12.2. The molecule has 1 N–H and O–H groups in total. The molecule has 0 aromatic rings. The van der Waals surface area contributed by atoms with E-state index in [9.17, 15) is 14.4 Å². The van der Waals surface area contributed by atoms with E-state index in [1.54, 1.807) is 6.92 Å². The molecule has 21 heavy (non-hydrogen) atoms. The van der Waals surface area contributed by atoms with Gasteiger partial charge >= 0.3 is 17.9 Å². The zero-order chi connectivity index (χ0) is 16.8. The number of carbonyl (C=O) groups is 3. The van der Waals surface area contributed by atoms with Gasteiger partial charge in [-0.25, -0.2) is 9.59 Å². The minimum Gasteiger partial charge on any atom is -0.478 e. The first-order chi connectivity index (χ1) is 9.74. The summed E-state index contributed by atoms with van der Waals surface area (Å²) in [5, 5.41) is 7.60. The van der Waals surface area contributed by atoms with Gasteiger partial charge in [0.2, 0.25) is 0 Å². The van der Waals surface area contributed by atoms with E-state index >= 15 is 0 Å². The molecule has 1 unspecified atom stereocenters. The second-order valence-corrected chi connectivity index (χ2v) is 3.65. The van der Waals surface area contributed by atoms with Crippen molar-refractivity contribution in [2.75, 3.05) is 13.2 Å². The third-order valence-electron chi connectivity index (χ3n) is 1.58. The zero-order valence-electron chi connectivity index (χ0n) is 12.2. The topological polar surface area (TPSA) is 102 Å². The van der Waals surface area contributed by atoms with Gasteiger partial charge in [0.05, 0.1) is 12.9 Å². The van der Waals surface area contributed by atoms with Crippen LogP contribution in [-0.4, -0.2) is 42.3 Å². The molecule has 0 aromatic carbocycles. The fourth-order valence-electron chi connectivity index (χ4n) is 0.573. The second-order valence-electron chi connectivity index (χ2n) is 3.65. The highest BCUT2D eigenvalue weighted by Gasteiger charge is 2.24. The molecule has 0 spiro atoms. The molecule has 0 amide bonds. The van der Waals surface area contributed by atoms with E-state index in [2.05, 4.69) is 24.5 Å². The van der Waals surface area contributed by atoms with Crippen LogP contribution in [0, 0.1) is 0 Å². The monoisotopic (exact) mass is 300 g/mol. The number of ether oxygens (including phenoxy) is 3. The van der Waals surface area contributed by atoms with E-state index in [0.717, 1.165) is 12.3 Å². The highest BCUT2D eigenvalue weighted by molar-refractivity contribution is 5.86. The number of carboxylic acids is 1. The van der Waals surface area contributed by atoms with Gasteiger partial charge in [0, 0.05) is 18.6 Å². The molecular weight excluding hydrogens is 280 g/mol. The molecule has 7 nitrogen and oxygen atoms in total. The Labute approximate surface area is 123 Å². The molecule has 118 valence electrons. The van der Waals surface area contributed by atoms with Crippen molar-refractivity contribution < 1.29 is 33.7 Å². The fraction of sp³-hybridized carbons (Fsp3) is 0.357. The third kappa shape index (κ3) is 20.1. The minimum absolute atomic E-state index is 0.142. The molecule has 1 heterocycles. The van der Waals surface area contributed by atoms with Gasteiger partial charge in [-0.05, 0) is 6.92 Å². The Bertz CT molecular complexity index is 394. The summed E-state index contributed by atoms with van der Waals surface area (Å²) < 4.78 is 13.8. The number of hydrogen-bond donors (Lipinski definition) is 1. The Hall–Kier alpha value is -2.41. The first-order valence-electron chi connectivity index (χ1n) is 5.82. The van der Waals surface area contributed by atoms with Crippen molar-refractivity contribution in [3.8, 4) is 0 Å². The highest BCUT2D eigenvalue weighted by atomic mass is 16.6. The summed E-state index contributed by atoms with van der Waals surface area (Å²) in [4.78, 5) is 29.7. The molecule has 0 radical (unpaired) electrons. The number of aliphatic carboxylic acids is 1. The molecule has 0 saturated carbocycles. The van der Waals surface area contributed by atoms with Gasteiger partial charge in [0.1, 0.15) is 12.7 Å². The van der Waals surface area contributed by atoms with Crippen LogP contribution in [0.15, 0.2) is 37.6 Å². The molecule has 7 heteroatoms. The van der Waals surface area contributed by atoms with E-state index in [-0.39, 0.29) is 18.0 Å². The molecule has 1 atom stereocenters. The van der Waals surface area contributed by atoms with Crippen LogP contribution < -0.4 is 0 Å². The predicted octanol–water partition coefficient (Wildman–Crippen LogP) is 1.45. The largest absolute Gasteiger partial charge is 0.478 e. The van der Waals surface area contributed by atoms with Crippen LogP contribution in [0.4, 0.5) is 0 Å². The van der Waals surface area contributed by atoms with Crippen molar-refractivity contribution in [1.82, 2.24) is 0 Å². The van der Waals surface area contributed by atoms with Crippen molar-refractivity contribution >= 4 is 17.9 Å². The lowest BCUT2D eigenvalue weighted by molar-refractivity contribution is -0.139. The van der Waals surface area contributed by atoms with E-state index in [0.29, 0.717) is 18.8 Å². The normalized spacial score (nSPS) is 13.9. The molecule has 0 aromatic heterocycles. The van der Waals surface area contributed by atoms with E-state index in [1.807, 2.05) is 0 Å². The Kier molecular flexibility index (Phi) is 12.6. The smallest absolute Gasteiger partial charge is 0.333 e. The summed E-state index contributed by atoms with van der Waals surface area (Å²) in [6.07, 6.45) is 2.07. The molecule has 1 aliphatic heterocycles. The number of carbonyl (C=O) groups excluding carboxylic acids is 2. The lowest BCUT2D eigenvalue weighted by Gasteiger charge is -1.99. The van der Waals surface area contributed by atoms with Crippen LogP contribution in [0.5, 0.6) is 0 Å². The Balaban J connectivity index is 0. The van der Waals surface area contributed by atoms with Gasteiger partial charge in [0.15, 0.2) is 0 Å². The summed E-state index contributed by atoms with van der Waals surface area (Å²) >= 11 is 0. The lowest BCUT2D eigenvalue weighted by Crippen LogP contribution is -2.09. The number of rotatable bonds is 5. The molecule has 1 rings (SSSR count). The summed E-state index contributed by atoms with van der Waals surface area (Å²) in [5.41, 5.74) is 0.431. The van der Waals surface area contributed by atoms with Crippen molar-refractivity contribution in [1.29, 1.82) is 0 Å². The van der Waals surface area contributed by atoms with Crippen LogP contribution in [0.2, 0.25) is 0 Å². The van der Waals surface area contributed by atoms with E-state index in [4.69, 9.17) is 14.6 Å². The van der Waals surface area contributed by atoms with Gasteiger partial charge in [-0.3, -0.25) is 4.79 Å². The number of hydrogen-bond acceptors (Lipinski definition) is 6. The quantitative estimate of drug-likeness (QED) is 0.355. The Morgan fingerprint density at radius 3 is 2.00 bits per heavy atom. The van der Waals surface area contributed by atoms with Gasteiger partial charge in [-0.1, -0.05) is 19.7 Å². The highest BCUT2D eigenvalue weighted by Crippen LogP contribution is 2.09. The van der Waals surface area contributed by atoms with Gasteiger partial charge in [0.25, 0.3) is 0 Å². The Morgan fingerprint density at radius 1 is 1.33 bits per heavy atom. The first-order valence-corrected chi connectivity index (χ1v) is 5.82. The second kappa shape index (κ2) is 12.6. The van der Waals surface area contributed by atoms with Crippen LogP contribution in [0.1, 0.15) is 13.8 Å². The maximum Gasteiger partial charge on any atom is 0.333 e. The average Bonchev–Trinajstić information content (AvgIpc) is 3.21. The number of esters is 2. The molecule has 0 aliphatic carbocycles. The van der Waals surface area contributed by atoms with Crippen LogP contribution in [-0.2, 0) is 28.6 Å². The molecule has 1 saturated heterocycles. The average molecular weight is 300 g/mol. The van der Waals surface area contributed by atoms with Crippen LogP contribution in [0.3, 0.4) is 0 Å². The summed E-state index contributed by atoms with van der Waals surface area (Å²) in [5.74, 6) is -1.65. The van der Waals surface area contributed by atoms with E-state index in [1.165, 1.54) is 6.92 Å². The van der Waals surface area contributed by atoms with E-state index < -0.39 is 5.97 Å². The van der Waals surface area contributed by atoms with Crippen LogP contribution in [0.25, 0.3) is 0 Å². The van der Waals surface area contributed by atoms with Crippen molar-refractivity contribution in [3.05, 3.63) is 37.6 Å². The van der Waals surface area contributed by atoms with Crippen molar-refractivity contribution in [3.63, 3.8) is 0 Å². The lowest BCUT2D eigenvalue weighted by atomic mass is 10.4. The van der Waals surface area contributed by atoms with Crippen molar-refractivity contribution in [2.45, 2.75) is 20.0 Å². The third-order valence-corrected chi connectivity index (χ3v) is 1.58. The molecule has 1 aliphatic rings. The standard InChI is InChI=1S/C7H10O3.C4H6O2.C3H4O2/c1-5(2)7(8)10-4-6-3-9-6;1-3-6-4(2)5;1-2-3(4)5/h6H,1,3-4H2,2H3;3H,1H2,2H3;2H,1H2,(H,4,5). The SMILES string of the molecule is C=C(C)C(=O)OCC1CO1.C=CC(=O)O.C=COC(C)=O. The first kappa shape index (κ1) is 20.9. The molecular formula is C14H20O7. The minimum atomic E-state index is -0.981. The molecule has 1 fully saturated rings. The van der Waals surface area contributed by atoms with Crippen molar-refractivity contribution in [2.24, 2.45) is 0 Å². The maximum atomic E-state index is 10.7. The molecule has 0 bridgehead atoms. The Morgan fingerprint density at radius 2 is 1.81 bits per heavy atom. The fourth-order valence-corrected chi connectivity index (χ4v) is 0.573. The van der Waals surface area contributed by atoms with Crippen LogP contribution >= 0.6 is 0 Å². The summed E-state index contributed by atoms with van der Waals surface area (Å²) in [7, 11) is 0. The summed E-state index contributed by atoms with van der Waals surface area (Å²) in [6.45, 7) is 13.6. The number of carboxylic acid groups (broad SMARTS) is 1. The van der Waals surface area contributed by atoms with Gasteiger partial charge in [-0.2, -0.15) is 0 Å². The van der Waals surface area contributed by atoms with Gasteiger partial charge < -0.3 is 19.3 Å². The maximum absolute atomic E-state index is 10.7. The summed E-state index contributed by atoms with van der Waals surface area (Å²) in [6, 6.07) is 0.